The topological polar surface area (TPSA) is 71.9 Å². The van der Waals surface area contributed by atoms with Gasteiger partial charge in [0.15, 0.2) is 0 Å². The van der Waals surface area contributed by atoms with Gasteiger partial charge in [-0.1, -0.05) is 23.2 Å². The number of halogens is 2. The van der Waals surface area contributed by atoms with Crippen molar-refractivity contribution in [2.24, 2.45) is 0 Å². The molecule has 4 rings (SSSR count). The number of nitrogens with zero attached hydrogens (tertiary/aromatic N) is 2. The van der Waals surface area contributed by atoms with Gasteiger partial charge in [-0.25, -0.2) is 0 Å². The number of rotatable bonds is 5. The number of aromatic nitrogens is 1. The number of fused-ring (bicyclic) bond motifs is 3. The summed E-state index contributed by atoms with van der Waals surface area (Å²) in [6.45, 7) is 2.33. The maximum absolute atomic E-state index is 12.7. The van der Waals surface area contributed by atoms with Crippen molar-refractivity contribution in [1.29, 1.82) is 0 Å². The van der Waals surface area contributed by atoms with Gasteiger partial charge in [-0.2, -0.15) is 0 Å². The summed E-state index contributed by atoms with van der Waals surface area (Å²) >= 11 is 12.6. The van der Waals surface area contributed by atoms with Crippen molar-refractivity contribution in [2.45, 2.75) is 38.0 Å². The third-order valence-electron chi connectivity index (χ3n) is 5.50. The molecule has 0 saturated heterocycles. The monoisotopic (exact) mass is 410 g/mol. The van der Waals surface area contributed by atoms with Crippen molar-refractivity contribution in [3.05, 3.63) is 33.4 Å². The van der Waals surface area contributed by atoms with Crippen LogP contribution in [0.25, 0.3) is 10.9 Å². The van der Waals surface area contributed by atoms with Crippen LogP contribution in [0.15, 0.2) is 12.3 Å². The van der Waals surface area contributed by atoms with Gasteiger partial charge >= 0.3 is 0 Å². The third-order valence-corrected chi connectivity index (χ3v) is 6.34. The van der Waals surface area contributed by atoms with E-state index in [2.05, 4.69) is 4.98 Å². The van der Waals surface area contributed by atoms with Gasteiger partial charge in [0, 0.05) is 18.1 Å². The Morgan fingerprint density at radius 1 is 1.41 bits per heavy atom. The van der Waals surface area contributed by atoms with Crippen LogP contribution in [0.2, 0.25) is 10.0 Å². The SMILES string of the molecule is COc1cc2c3c(cnc2c(Cl)c1Cl)CN(C(=O)COC1(CO)CC1)[C@H]3C. The summed E-state index contributed by atoms with van der Waals surface area (Å²) in [6.07, 6.45) is 3.33. The summed E-state index contributed by atoms with van der Waals surface area (Å²) in [5.74, 6) is 0.363. The summed E-state index contributed by atoms with van der Waals surface area (Å²) < 4.78 is 11.0. The number of benzene rings is 1. The lowest BCUT2D eigenvalue weighted by Gasteiger charge is -2.23. The number of pyridine rings is 1. The van der Waals surface area contributed by atoms with Crippen LogP contribution in [0.1, 0.15) is 36.9 Å². The number of amides is 1. The van der Waals surface area contributed by atoms with Gasteiger partial charge in [0.05, 0.1) is 35.9 Å². The highest BCUT2D eigenvalue weighted by atomic mass is 35.5. The number of methoxy groups -OCH3 is 1. The first kappa shape index (κ1) is 18.7. The first-order chi connectivity index (χ1) is 12.9. The number of hydrogen-bond acceptors (Lipinski definition) is 5. The van der Waals surface area contributed by atoms with E-state index in [9.17, 15) is 9.90 Å². The summed E-state index contributed by atoms with van der Waals surface area (Å²) in [5, 5.41) is 10.8. The van der Waals surface area contributed by atoms with Crippen LogP contribution in [-0.2, 0) is 16.1 Å². The Bertz CT molecular complexity index is 930. The summed E-state index contributed by atoms with van der Waals surface area (Å²) in [6, 6.07) is 1.66. The van der Waals surface area contributed by atoms with Crippen LogP contribution in [0.4, 0.5) is 0 Å². The molecule has 0 unspecified atom stereocenters. The van der Waals surface area contributed by atoms with Crippen molar-refractivity contribution >= 4 is 40.0 Å². The molecule has 1 atom stereocenters. The van der Waals surface area contributed by atoms with Gasteiger partial charge in [-0.3, -0.25) is 9.78 Å². The molecule has 1 aromatic heterocycles. The number of carbonyl (C=O) groups is 1. The standard InChI is InChI=1S/C19H20Cl2N2O4/c1-10-15-11(7-23(10)14(25)8-27-19(9-24)3-4-19)6-22-18-12(15)5-13(26-2)16(20)17(18)21/h5-6,10,24H,3-4,7-9H2,1-2H3/t10-/m0/s1. The lowest BCUT2D eigenvalue weighted by molar-refractivity contribution is -0.142. The molecule has 0 bridgehead atoms. The Kier molecular flexibility index (Phi) is 4.71. The van der Waals surface area contributed by atoms with Crippen LogP contribution < -0.4 is 4.74 Å². The number of ether oxygens (including phenoxy) is 2. The van der Waals surface area contributed by atoms with Crippen LogP contribution >= 0.6 is 23.2 Å². The molecular formula is C19H20Cl2N2O4. The zero-order valence-electron chi connectivity index (χ0n) is 15.1. The van der Waals surface area contributed by atoms with Crippen LogP contribution in [0.5, 0.6) is 5.75 Å². The van der Waals surface area contributed by atoms with Crippen molar-refractivity contribution in [1.82, 2.24) is 9.88 Å². The molecule has 1 N–H and O–H groups in total. The highest BCUT2D eigenvalue weighted by Gasteiger charge is 2.44. The molecule has 8 heteroatoms. The first-order valence-electron chi connectivity index (χ1n) is 8.78. The van der Waals surface area contributed by atoms with E-state index in [0.717, 1.165) is 29.4 Å². The minimum atomic E-state index is -0.517. The lowest BCUT2D eigenvalue weighted by atomic mass is 10.0. The average molecular weight is 411 g/mol. The molecular weight excluding hydrogens is 391 g/mol. The van der Waals surface area contributed by atoms with Crippen molar-refractivity contribution in [3.63, 3.8) is 0 Å². The molecule has 1 aromatic carbocycles. The maximum atomic E-state index is 12.7. The van der Waals surface area contributed by atoms with E-state index < -0.39 is 5.60 Å². The molecule has 0 spiro atoms. The zero-order chi connectivity index (χ0) is 19.3. The van der Waals surface area contributed by atoms with Gasteiger partial charge in [-0.15, -0.1) is 0 Å². The molecule has 1 aliphatic heterocycles. The fourth-order valence-corrected chi connectivity index (χ4v) is 4.11. The third kappa shape index (κ3) is 3.05. The molecule has 1 amide bonds. The summed E-state index contributed by atoms with van der Waals surface area (Å²) in [4.78, 5) is 18.9. The Hall–Kier alpha value is -1.60. The van der Waals surface area contributed by atoms with E-state index in [4.69, 9.17) is 32.7 Å². The van der Waals surface area contributed by atoms with E-state index in [-0.39, 0.29) is 25.2 Å². The predicted molar refractivity (Wildman–Crippen MR) is 102 cm³/mol. The van der Waals surface area contributed by atoms with Crippen LogP contribution in [0.3, 0.4) is 0 Å². The zero-order valence-corrected chi connectivity index (χ0v) is 16.6. The second-order valence-corrected chi connectivity index (χ2v) is 7.88. The van der Waals surface area contributed by atoms with Gasteiger partial charge in [-0.05, 0) is 37.0 Å². The van der Waals surface area contributed by atoms with Gasteiger partial charge in [0.2, 0.25) is 5.91 Å². The number of carbonyl (C=O) groups excluding carboxylic acids is 1. The molecule has 144 valence electrons. The van der Waals surface area contributed by atoms with Gasteiger partial charge in [0.1, 0.15) is 17.4 Å². The molecule has 1 saturated carbocycles. The second-order valence-electron chi connectivity index (χ2n) is 7.13. The highest BCUT2D eigenvalue weighted by Crippen LogP contribution is 2.44. The van der Waals surface area contributed by atoms with Crippen LogP contribution in [-0.4, -0.2) is 46.8 Å². The lowest BCUT2D eigenvalue weighted by Crippen LogP contribution is -2.34. The Balaban J connectivity index is 1.65. The average Bonchev–Trinajstić information content (AvgIpc) is 3.38. The fourth-order valence-electron chi connectivity index (χ4n) is 3.64. The molecule has 1 aliphatic carbocycles. The fraction of sp³-hybridized carbons (Fsp3) is 0.474. The minimum absolute atomic E-state index is 0.0415. The van der Waals surface area contributed by atoms with Crippen molar-refractivity contribution in [2.75, 3.05) is 20.3 Å². The van der Waals surface area contributed by atoms with Crippen LogP contribution in [0, 0.1) is 0 Å². The van der Waals surface area contributed by atoms with Crippen molar-refractivity contribution in [3.8, 4) is 5.75 Å². The summed E-state index contributed by atoms with van der Waals surface area (Å²) in [5.41, 5.74) is 2.04. The Morgan fingerprint density at radius 2 is 2.15 bits per heavy atom. The molecule has 27 heavy (non-hydrogen) atoms. The molecule has 2 aromatic rings. The van der Waals surface area contributed by atoms with E-state index in [1.54, 1.807) is 11.1 Å². The number of aliphatic hydroxyl groups excluding tert-OH is 1. The predicted octanol–water partition coefficient (Wildman–Crippen LogP) is 3.49. The maximum Gasteiger partial charge on any atom is 0.249 e. The molecule has 0 radical (unpaired) electrons. The smallest absolute Gasteiger partial charge is 0.249 e. The number of hydrogen-bond donors (Lipinski definition) is 1. The first-order valence-corrected chi connectivity index (χ1v) is 9.54. The van der Waals surface area contributed by atoms with E-state index >= 15 is 0 Å². The largest absolute Gasteiger partial charge is 0.495 e. The minimum Gasteiger partial charge on any atom is -0.495 e. The second kappa shape index (κ2) is 6.78. The van der Waals surface area contributed by atoms with Crippen molar-refractivity contribution < 1.29 is 19.4 Å². The molecule has 6 nitrogen and oxygen atoms in total. The molecule has 2 heterocycles. The Labute approximate surface area is 167 Å². The normalized spacial score (nSPS) is 20.0. The van der Waals surface area contributed by atoms with E-state index in [1.165, 1.54) is 7.11 Å². The summed E-state index contributed by atoms with van der Waals surface area (Å²) in [7, 11) is 1.53. The van der Waals surface area contributed by atoms with E-state index in [1.807, 2.05) is 13.0 Å². The molecule has 2 aliphatic rings. The quantitative estimate of drug-likeness (QED) is 0.816. The number of aliphatic hydroxyl groups is 1. The van der Waals surface area contributed by atoms with Gasteiger partial charge in [0.25, 0.3) is 0 Å². The van der Waals surface area contributed by atoms with E-state index in [0.29, 0.717) is 27.9 Å². The van der Waals surface area contributed by atoms with Gasteiger partial charge < -0.3 is 19.5 Å². The molecule has 1 fully saturated rings. The highest BCUT2D eigenvalue weighted by molar-refractivity contribution is 6.46. The Morgan fingerprint density at radius 3 is 2.78 bits per heavy atom.